The molecule has 0 radical (unpaired) electrons. The van der Waals surface area contributed by atoms with E-state index in [1.54, 1.807) is 6.08 Å². The molecule has 0 saturated heterocycles. The molecule has 1 aliphatic rings. The molecule has 1 aliphatic carbocycles. The highest BCUT2D eigenvalue weighted by molar-refractivity contribution is 9.12. The SMILES string of the molecule is CC(=O)C1(Br)C=C(Br)C=C(Br)C1N. The fraction of sp³-hybridized carbons (Fsp3) is 0.375. The third-order valence-electron chi connectivity index (χ3n) is 1.91. The summed E-state index contributed by atoms with van der Waals surface area (Å²) in [6.45, 7) is 1.51. The van der Waals surface area contributed by atoms with Crippen molar-refractivity contribution in [3.8, 4) is 0 Å². The summed E-state index contributed by atoms with van der Waals surface area (Å²) < 4.78 is 0.849. The maximum Gasteiger partial charge on any atom is 0.152 e. The van der Waals surface area contributed by atoms with Crippen molar-refractivity contribution < 1.29 is 4.79 Å². The number of Topliss-reactive ketones (excluding diaryl/α,β-unsaturated/α-hetero) is 1. The largest absolute Gasteiger partial charge is 0.322 e. The van der Waals surface area contributed by atoms with Gasteiger partial charge in [0.15, 0.2) is 5.78 Å². The molecule has 0 bridgehead atoms. The van der Waals surface area contributed by atoms with E-state index in [0.717, 1.165) is 8.96 Å². The average Bonchev–Trinajstić information content (AvgIpc) is 1.99. The molecule has 13 heavy (non-hydrogen) atoms. The minimum atomic E-state index is -0.792. The molecule has 72 valence electrons. The molecule has 0 spiro atoms. The molecule has 2 unspecified atom stereocenters. The lowest BCUT2D eigenvalue weighted by molar-refractivity contribution is -0.118. The van der Waals surface area contributed by atoms with Crippen LogP contribution < -0.4 is 5.73 Å². The van der Waals surface area contributed by atoms with Gasteiger partial charge in [0.1, 0.15) is 4.32 Å². The summed E-state index contributed by atoms with van der Waals surface area (Å²) in [6, 6.07) is -0.369. The minimum Gasteiger partial charge on any atom is -0.322 e. The molecule has 0 aromatic carbocycles. The lowest BCUT2D eigenvalue weighted by Crippen LogP contribution is -2.48. The van der Waals surface area contributed by atoms with Crippen LogP contribution in [0.1, 0.15) is 6.92 Å². The van der Waals surface area contributed by atoms with Crippen molar-refractivity contribution in [2.45, 2.75) is 17.3 Å². The Balaban J connectivity index is 3.16. The third kappa shape index (κ3) is 2.14. The summed E-state index contributed by atoms with van der Waals surface area (Å²) in [5, 5.41) is 0. The molecule has 5 heteroatoms. The molecule has 0 aliphatic heterocycles. The average molecular weight is 374 g/mol. The van der Waals surface area contributed by atoms with Gasteiger partial charge in [0, 0.05) is 8.96 Å². The van der Waals surface area contributed by atoms with Crippen molar-refractivity contribution in [2.75, 3.05) is 0 Å². The van der Waals surface area contributed by atoms with Crippen molar-refractivity contribution in [3.05, 3.63) is 21.1 Å². The van der Waals surface area contributed by atoms with Crippen molar-refractivity contribution in [1.29, 1.82) is 0 Å². The van der Waals surface area contributed by atoms with E-state index in [0.29, 0.717) is 0 Å². The predicted molar refractivity (Wildman–Crippen MR) is 64.3 cm³/mol. The molecule has 2 nitrogen and oxygen atoms in total. The molecule has 0 aromatic heterocycles. The van der Waals surface area contributed by atoms with Crippen LogP contribution in [0.25, 0.3) is 0 Å². The number of nitrogens with two attached hydrogens (primary N) is 1. The number of carbonyl (C=O) groups excluding carboxylic acids is 1. The molecule has 0 amide bonds. The van der Waals surface area contributed by atoms with Crippen molar-refractivity contribution in [2.24, 2.45) is 5.73 Å². The first kappa shape index (κ1) is 11.6. The van der Waals surface area contributed by atoms with Crippen LogP contribution in [0.4, 0.5) is 0 Å². The van der Waals surface area contributed by atoms with Gasteiger partial charge in [-0.2, -0.15) is 0 Å². The van der Waals surface area contributed by atoms with Gasteiger partial charge < -0.3 is 5.73 Å². The molecule has 0 fully saturated rings. The Morgan fingerprint density at radius 3 is 2.62 bits per heavy atom. The van der Waals surface area contributed by atoms with Gasteiger partial charge >= 0.3 is 0 Å². The van der Waals surface area contributed by atoms with Crippen molar-refractivity contribution >= 4 is 53.6 Å². The lowest BCUT2D eigenvalue weighted by atomic mass is 9.92. The van der Waals surface area contributed by atoms with Gasteiger partial charge in [0.25, 0.3) is 0 Å². The smallest absolute Gasteiger partial charge is 0.152 e. The fourth-order valence-electron chi connectivity index (χ4n) is 1.07. The number of rotatable bonds is 1. The summed E-state index contributed by atoms with van der Waals surface area (Å²) in [4.78, 5) is 11.4. The summed E-state index contributed by atoms with van der Waals surface area (Å²) in [5.74, 6) is -0.0120. The van der Waals surface area contributed by atoms with E-state index in [1.807, 2.05) is 6.08 Å². The van der Waals surface area contributed by atoms with Gasteiger partial charge in [-0.15, -0.1) is 0 Å². The van der Waals surface area contributed by atoms with Crippen LogP contribution >= 0.6 is 47.8 Å². The molecule has 0 saturated carbocycles. The van der Waals surface area contributed by atoms with E-state index in [-0.39, 0.29) is 11.8 Å². The van der Waals surface area contributed by atoms with E-state index in [9.17, 15) is 4.79 Å². The Kier molecular flexibility index (Phi) is 3.54. The number of hydrogen-bond acceptors (Lipinski definition) is 2. The molecule has 0 heterocycles. The number of ketones is 1. The standard InChI is InChI=1S/C8H8Br3NO/c1-4(13)8(11)3-5(9)2-6(10)7(8)12/h2-3,7H,12H2,1H3. The minimum absolute atomic E-state index is 0.0120. The lowest BCUT2D eigenvalue weighted by Gasteiger charge is -2.31. The molecule has 1 rings (SSSR count). The predicted octanol–water partition coefficient (Wildman–Crippen LogP) is 2.61. The quantitative estimate of drug-likeness (QED) is 0.718. The number of alkyl halides is 1. The van der Waals surface area contributed by atoms with Crippen LogP contribution in [0.3, 0.4) is 0 Å². The molecule has 2 atom stereocenters. The second kappa shape index (κ2) is 3.96. The van der Waals surface area contributed by atoms with Crippen LogP contribution in [0.2, 0.25) is 0 Å². The van der Waals surface area contributed by atoms with Gasteiger partial charge in [-0.1, -0.05) is 47.8 Å². The molecule has 2 N–H and O–H groups in total. The Hall–Kier alpha value is 0.550. The fourth-order valence-corrected chi connectivity index (χ4v) is 3.71. The van der Waals surface area contributed by atoms with E-state index in [1.165, 1.54) is 6.92 Å². The second-order valence-electron chi connectivity index (χ2n) is 2.86. The Morgan fingerprint density at radius 2 is 2.15 bits per heavy atom. The van der Waals surface area contributed by atoms with E-state index in [2.05, 4.69) is 47.8 Å². The van der Waals surface area contributed by atoms with Crippen molar-refractivity contribution in [1.82, 2.24) is 0 Å². The Labute approximate surface area is 102 Å². The summed E-state index contributed by atoms with van der Waals surface area (Å²) in [6.07, 6.45) is 3.61. The first-order valence-corrected chi connectivity index (χ1v) is 5.97. The second-order valence-corrected chi connectivity index (χ2v) is 6.00. The van der Waals surface area contributed by atoms with Gasteiger partial charge in [-0.25, -0.2) is 0 Å². The van der Waals surface area contributed by atoms with Gasteiger partial charge in [-0.3, -0.25) is 4.79 Å². The summed E-state index contributed by atoms with van der Waals surface area (Å²) >= 11 is 9.99. The van der Waals surface area contributed by atoms with Crippen LogP contribution in [-0.2, 0) is 4.79 Å². The van der Waals surface area contributed by atoms with Crippen molar-refractivity contribution in [3.63, 3.8) is 0 Å². The number of hydrogen-bond donors (Lipinski definition) is 1. The number of allylic oxidation sites excluding steroid dienone is 2. The monoisotopic (exact) mass is 371 g/mol. The normalized spacial score (nSPS) is 33.8. The first-order chi connectivity index (χ1) is 5.88. The van der Waals surface area contributed by atoms with E-state index >= 15 is 0 Å². The van der Waals surface area contributed by atoms with Gasteiger partial charge in [-0.05, 0) is 19.1 Å². The maximum absolute atomic E-state index is 11.4. The van der Waals surface area contributed by atoms with E-state index in [4.69, 9.17) is 5.73 Å². The Morgan fingerprint density at radius 1 is 1.62 bits per heavy atom. The number of carbonyl (C=O) groups is 1. The first-order valence-electron chi connectivity index (χ1n) is 3.59. The zero-order chi connectivity index (χ0) is 10.2. The van der Waals surface area contributed by atoms with Gasteiger partial charge in [0.2, 0.25) is 0 Å². The van der Waals surface area contributed by atoms with Crippen LogP contribution in [-0.4, -0.2) is 16.1 Å². The van der Waals surface area contributed by atoms with Crippen LogP contribution in [0.15, 0.2) is 21.1 Å². The van der Waals surface area contributed by atoms with Crippen LogP contribution in [0, 0.1) is 0 Å². The van der Waals surface area contributed by atoms with Crippen LogP contribution in [0.5, 0.6) is 0 Å². The number of halogens is 3. The zero-order valence-corrected chi connectivity index (χ0v) is 11.6. The highest BCUT2D eigenvalue weighted by Crippen LogP contribution is 2.37. The Bertz CT molecular complexity index is 311. The molecular weight excluding hydrogens is 366 g/mol. The molecular formula is C8H8Br3NO. The van der Waals surface area contributed by atoms with E-state index < -0.39 is 4.32 Å². The zero-order valence-electron chi connectivity index (χ0n) is 6.85. The maximum atomic E-state index is 11.4. The highest BCUT2D eigenvalue weighted by Gasteiger charge is 2.40. The van der Waals surface area contributed by atoms with Gasteiger partial charge in [0.05, 0.1) is 6.04 Å². The summed E-state index contributed by atoms with van der Waals surface area (Å²) in [5.41, 5.74) is 5.87. The summed E-state index contributed by atoms with van der Waals surface area (Å²) in [7, 11) is 0. The topological polar surface area (TPSA) is 43.1 Å². The molecule has 0 aromatic rings. The highest BCUT2D eigenvalue weighted by atomic mass is 79.9. The third-order valence-corrected chi connectivity index (χ3v) is 4.37.